The summed E-state index contributed by atoms with van der Waals surface area (Å²) in [5.74, 6) is 2.30. The predicted molar refractivity (Wildman–Crippen MR) is 65.4 cm³/mol. The zero-order valence-corrected chi connectivity index (χ0v) is 10.4. The quantitative estimate of drug-likeness (QED) is 0.809. The Bertz CT molecular complexity index is 451. The van der Waals surface area contributed by atoms with E-state index in [1.807, 2.05) is 6.07 Å². The summed E-state index contributed by atoms with van der Waals surface area (Å²) in [6.45, 7) is 2.47. The summed E-state index contributed by atoms with van der Waals surface area (Å²) in [4.78, 5) is 0. The van der Waals surface area contributed by atoms with Gasteiger partial charge in [0.25, 0.3) is 0 Å². The Kier molecular flexibility index (Phi) is 1.69. The lowest BCUT2D eigenvalue weighted by atomic mass is 9.44. The first-order valence-electron chi connectivity index (χ1n) is 6.80. The van der Waals surface area contributed by atoms with Crippen LogP contribution in [0.5, 0.6) is 0 Å². The number of rotatable bonds is 1. The van der Waals surface area contributed by atoms with E-state index in [1.165, 1.54) is 38.5 Å². The molecule has 0 aromatic carbocycles. The molecule has 1 aromatic rings. The molecule has 0 amide bonds. The van der Waals surface area contributed by atoms with Crippen molar-refractivity contribution in [3.05, 3.63) is 11.8 Å². The molecule has 4 fully saturated rings. The maximum atomic E-state index is 5.70. The van der Waals surface area contributed by atoms with E-state index in [0.717, 1.165) is 17.5 Å². The molecule has 4 saturated carbocycles. The molecule has 3 heteroatoms. The van der Waals surface area contributed by atoms with Crippen LogP contribution in [-0.4, -0.2) is 5.16 Å². The van der Waals surface area contributed by atoms with Gasteiger partial charge in [-0.05, 0) is 55.8 Å². The largest absolute Gasteiger partial charge is 0.368 e. The molecule has 4 bridgehead atoms. The summed E-state index contributed by atoms with van der Waals surface area (Å²) in [5.41, 5.74) is 7.68. The maximum absolute atomic E-state index is 5.70. The molecule has 3 nitrogen and oxygen atoms in total. The summed E-state index contributed by atoms with van der Waals surface area (Å²) in [6, 6.07) is 1.97. The SMILES string of the molecule is CC12CC3CC(C1)CC(c1cc(N)on1)(C3)C2. The van der Waals surface area contributed by atoms with Gasteiger partial charge in [-0.1, -0.05) is 12.1 Å². The van der Waals surface area contributed by atoms with Crippen molar-refractivity contribution in [2.45, 2.75) is 50.9 Å². The van der Waals surface area contributed by atoms with Gasteiger partial charge in [0.2, 0.25) is 5.88 Å². The van der Waals surface area contributed by atoms with Crippen molar-refractivity contribution in [3.63, 3.8) is 0 Å². The molecule has 2 atom stereocenters. The van der Waals surface area contributed by atoms with Crippen LogP contribution in [0, 0.1) is 17.3 Å². The number of aromatic nitrogens is 1. The molecular formula is C14H20N2O. The van der Waals surface area contributed by atoms with Crippen LogP contribution in [0.1, 0.15) is 51.1 Å². The van der Waals surface area contributed by atoms with Gasteiger partial charge in [-0.3, -0.25) is 0 Å². The van der Waals surface area contributed by atoms with Gasteiger partial charge in [0.1, 0.15) is 0 Å². The Morgan fingerprint density at radius 2 is 2.00 bits per heavy atom. The molecule has 2 N–H and O–H groups in total. The van der Waals surface area contributed by atoms with E-state index in [0.29, 0.717) is 16.7 Å². The highest BCUT2D eigenvalue weighted by atomic mass is 16.5. The Morgan fingerprint density at radius 1 is 1.29 bits per heavy atom. The summed E-state index contributed by atoms with van der Waals surface area (Å²) in [6.07, 6.45) is 8.22. The van der Waals surface area contributed by atoms with E-state index in [-0.39, 0.29) is 0 Å². The molecule has 1 aromatic heterocycles. The van der Waals surface area contributed by atoms with E-state index in [2.05, 4.69) is 12.1 Å². The average molecular weight is 232 g/mol. The highest BCUT2D eigenvalue weighted by molar-refractivity contribution is 5.32. The molecule has 2 unspecified atom stereocenters. The van der Waals surface area contributed by atoms with Gasteiger partial charge in [0, 0.05) is 11.5 Å². The minimum atomic E-state index is 0.292. The van der Waals surface area contributed by atoms with Crippen molar-refractivity contribution in [2.24, 2.45) is 17.3 Å². The number of hydrogen-bond acceptors (Lipinski definition) is 3. The standard InChI is InChI=1S/C14H20N2O/c1-13-4-9-2-10(5-13)7-14(6-9,8-13)11-3-12(15)17-16-11/h3,9-10H,2,4-8,15H2,1H3. The van der Waals surface area contributed by atoms with Crippen LogP contribution in [0.2, 0.25) is 0 Å². The van der Waals surface area contributed by atoms with Crippen molar-refractivity contribution in [2.75, 3.05) is 5.73 Å². The highest BCUT2D eigenvalue weighted by Gasteiger charge is 2.57. The molecule has 0 spiro atoms. The number of hydrogen-bond donors (Lipinski definition) is 1. The van der Waals surface area contributed by atoms with Gasteiger partial charge in [-0.15, -0.1) is 0 Å². The van der Waals surface area contributed by atoms with Crippen LogP contribution in [-0.2, 0) is 5.41 Å². The van der Waals surface area contributed by atoms with Gasteiger partial charge in [0.05, 0.1) is 5.69 Å². The molecule has 0 radical (unpaired) electrons. The molecule has 0 aliphatic heterocycles. The van der Waals surface area contributed by atoms with Crippen molar-refractivity contribution in [1.82, 2.24) is 5.16 Å². The predicted octanol–water partition coefficient (Wildman–Crippen LogP) is 3.11. The zero-order chi connectivity index (χ0) is 11.7. The Hall–Kier alpha value is -0.990. The van der Waals surface area contributed by atoms with Crippen molar-refractivity contribution >= 4 is 5.88 Å². The van der Waals surface area contributed by atoms with Gasteiger partial charge in [-0.2, -0.15) is 0 Å². The van der Waals surface area contributed by atoms with Gasteiger partial charge in [-0.25, -0.2) is 0 Å². The molecular weight excluding hydrogens is 212 g/mol. The van der Waals surface area contributed by atoms with Crippen LogP contribution in [0.15, 0.2) is 10.6 Å². The lowest BCUT2D eigenvalue weighted by Crippen LogP contribution is -2.53. The van der Waals surface area contributed by atoms with Crippen molar-refractivity contribution in [3.8, 4) is 0 Å². The minimum Gasteiger partial charge on any atom is -0.368 e. The number of nitrogens with two attached hydrogens (primary N) is 1. The monoisotopic (exact) mass is 232 g/mol. The third-order valence-electron chi connectivity index (χ3n) is 5.43. The number of nitrogens with zero attached hydrogens (tertiary/aromatic N) is 1. The normalized spacial score (nSPS) is 47.6. The second-order valence-corrected chi connectivity index (χ2v) is 7.17. The molecule has 1 heterocycles. The fourth-order valence-electron chi connectivity index (χ4n) is 5.56. The third-order valence-corrected chi connectivity index (χ3v) is 5.43. The topological polar surface area (TPSA) is 52.0 Å². The lowest BCUT2D eigenvalue weighted by Gasteiger charge is -2.60. The number of nitrogen functional groups attached to an aromatic ring is 1. The van der Waals surface area contributed by atoms with Gasteiger partial charge in [0.15, 0.2) is 0 Å². The average Bonchev–Trinajstić information content (AvgIpc) is 2.61. The molecule has 4 aliphatic carbocycles. The summed E-state index contributed by atoms with van der Waals surface area (Å²) in [7, 11) is 0. The first kappa shape index (κ1) is 9.98. The van der Waals surface area contributed by atoms with E-state index >= 15 is 0 Å². The molecule has 17 heavy (non-hydrogen) atoms. The van der Waals surface area contributed by atoms with Gasteiger partial charge < -0.3 is 10.3 Å². The summed E-state index contributed by atoms with van der Waals surface area (Å²) in [5, 5.41) is 4.24. The first-order valence-corrected chi connectivity index (χ1v) is 6.80. The molecule has 92 valence electrons. The molecule has 5 rings (SSSR count). The molecule has 4 aliphatic rings. The zero-order valence-electron chi connectivity index (χ0n) is 10.4. The van der Waals surface area contributed by atoms with E-state index in [9.17, 15) is 0 Å². The van der Waals surface area contributed by atoms with Crippen molar-refractivity contribution in [1.29, 1.82) is 0 Å². The third kappa shape index (κ3) is 1.31. The van der Waals surface area contributed by atoms with E-state index < -0.39 is 0 Å². The van der Waals surface area contributed by atoms with E-state index in [4.69, 9.17) is 10.3 Å². The molecule has 0 saturated heterocycles. The van der Waals surface area contributed by atoms with Gasteiger partial charge >= 0.3 is 0 Å². The first-order chi connectivity index (χ1) is 8.07. The summed E-state index contributed by atoms with van der Waals surface area (Å²) >= 11 is 0. The van der Waals surface area contributed by atoms with Crippen LogP contribution in [0.25, 0.3) is 0 Å². The minimum absolute atomic E-state index is 0.292. The van der Waals surface area contributed by atoms with Crippen LogP contribution >= 0.6 is 0 Å². The Balaban J connectivity index is 1.79. The van der Waals surface area contributed by atoms with Crippen molar-refractivity contribution < 1.29 is 4.52 Å². The van der Waals surface area contributed by atoms with Crippen LogP contribution in [0.4, 0.5) is 5.88 Å². The smallest absolute Gasteiger partial charge is 0.222 e. The number of anilines is 1. The second-order valence-electron chi connectivity index (χ2n) is 7.17. The maximum Gasteiger partial charge on any atom is 0.222 e. The summed E-state index contributed by atoms with van der Waals surface area (Å²) < 4.78 is 5.11. The van der Waals surface area contributed by atoms with E-state index in [1.54, 1.807) is 0 Å². The Labute approximate surface area is 102 Å². The Morgan fingerprint density at radius 3 is 2.53 bits per heavy atom. The second kappa shape index (κ2) is 2.88. The fourth-order valence-corrected chi connectivity index (χ4v) is 5.56. The fraction of sp³-hybridized carbons (Fsp3) is 0.786. The van der Waals surface area contributed by atoms with Crippen LogP contribution < -0.4 is 5.73 Å². The van der Waals surface area contributed by atoms with Crippen LogP contribution in [0.3, 0.4) is 0 Å². The lowest BCUT2D eigenvalue weighted by molar-refractivity contribution is -0.0639. The highest BCUT2D eigenvalue weighted by Crippen LogP contribution is 2.65.